The molecule has 0 saturated carbocycles. The first-order valence-electron chi connectivity index (χ1n) is 2.36. The highest BCUT2D eigenvalue weighted by atomic mass is 79.9. The molecule has 54 valence electrons. The van der Waals surface area contributed by atoms with E-state index in [0.29, 0.717) is 3.79 Å². The summed E-state index contributed by atoms with van der Waals surface area (Å²) in [4.78, 5) is 10.4. The summed E-state index contributed by atoms with van der Waals surface area (Å²) in [6.07, 6.45) is 0. The van der Waals surface area contributed by atoms with Crippen LogP contribution in [0.3, 0.4) is 0 Å². The van der Waals surface area contributed by atoms with Crippen molar-refractivity contribution in [3.63, 3.8) is 0 Å². The summed E-state index contributed by atoms with van der Waals surface area (Å²) in [7, 11) is 0. The average Bonchev–Trinajstić information content (AvgIpc) is 2.10. The SMILES string of the molecule is NC(=O)c1cc(Br)sc1F. The molecule has 1 heterocycles. The third-order valence-electron chi connectivity index (χ3n) is 0.922. The molecule has 2 nitrogen and oxygen atoms in total. The summed E-state index contributed by atoms with van der Waals surface area (Å²) in [5.74, 6) is -0.737. The monoisotopic (exact) mass is 223 g/mol. The molecule has 0 bridgehead atoms. The van der Waals surface area contributed by atoms with Crippen molar-refractivity contribution in [3.05, 3.63) is 20.5 Å². The molecule has 0 aromatic carbocycles. The molecule has 1 aromatic heterocycles. The summed E-state index contributed by atoms with van der Waals surface area (Å²) in [6, 6.07) is 1.36. The van der Waals surface area contributed by atoms with Crippen LogP contribution in [0, 0.1) is 5.13 Å². The molecule has 0 radical (unpaired) electrons. The normalized spacial score (nSPS) is 9.80. The van der Waals surface area contributed by atoms with Crippen molar-refractivity contribution in [3.8, 4) is 0 Å². The second-order valence-electron chi connectivity index (χ2n) is 1.60. The van der Waals surface area contributed by atoms with Crippen LogP contribution >= 0.6 is 27.3 Å². The van der Waals surface area contributed by atoms with Crippen molar-refractivity contribution in [1.82, 2.24) is 0 Å². The first-order valence-corrected chi connectivity index (χ1v) is 3.97. The highest BCUT2D eigenvalue weighted by molar-refractivity contribution is 9.11. The quantitative estimate of drug-likeness (QED) is 0.775. The van der Waals surface area contributed by atoms with Crippen LogP contribution in [0.1, 0.15) is 10.4 Å². The molecular weight excluding hydrogens is 221 g/mol. The topological polar surface area (TPSA) is 43.1 Å². The maximum Gasteiger partial charge on any atom is 0.252 e. The molecular formula is C5H3BrFNOS. The number of amides is 1. The van der Waals surface area contributed by atoms with Crippen LogP contribution < -0.4 is 5.73 Å². The molecule has 0 spiro atoms. The lowest BCUT2D eigenvalue weighted by Crippen LogP contribution is -2.10. The van der Waals surface area contributed by atoms with Gasteiger partial charge in [0.15, 0.2) is 5.13 Å². The Morgan fingerprint density at radius 2 is 2.40 bits per heavy atom. The predicted octanol–water partition coefficient (Wildman–Crippen LogP) is 1.75. The van der Waals surface area contributed by atoms with Gasteiger partial charge in [0, 0.05) is 0 Å². The van der Waals surface area contributed by atoms with Crippen LogP contribution in [0.15, 0.2) is 9.85 Å². The fraction of sp³-hybridized carbons (Fsp3) is 0. The summed E-state index contributed by atoms with van der Waals surface area (Å²) in [6.45, 7) is 0. The van der Waals surface area contributed by atoms with Gasteiger partial charge < -0.3 is 5.73 Å². The Labute approximate surface area is 69.0 Å². The number of hydrogen-bond acceptors (Lipinski definition) is 2. The molecule has 1 rings (SSSR count). The predicted molar refractivity (Wildman–Crippen MR) is 40.5 cm³/mol. The lowest BCUT2D eigenvalue weighted by atomic mass is 10.3. The fourth-order valence-electron chi connectivity index (χ4n) is 0.508. The van der Waals surface area contributed by atoms with Gasteiger partial charge in [-0.15, -0.1) is 0 Å². The van der Waals surface area contributed by atoms with E-state index in [1.165, 1.54) is 6.07 Å². The molecule has 5 heteroatoms. The second-order valence-corrected chi connectivity index (χ2v) is 3.98. The van der Waals surface area contributed by atoms with Gasteiger partial charge in [0.2, 0.25) is 0 Å². The van der Waals surface area contributed by atoms with E-state index in [4.69, 9.17) is 5.73 Å². The van der Waals surface area contributed by atoms with Crippen molar-refractivity contribution in [2.45, 2.75) is 0 Å². The standard InChI is InChI=1S/C5H3BrFNOS/c6-3-1-2(5(8)9)4(7)10-3/h1H,(H2,8,9). The number of rotatable bonds is 1. The van der Waals surface area contributed by atoms with Gasteiger partial charge in [-0.2, -0.15) is 4.39 Å². The van der Waals surface area contributed by atoms with E-state index in [9.17, 15) is 9.18 Å². The van der Waals surface area contributed by atoms with Crippen LogP contribution in [-0.4, -0.2) is 5.91 Å². The van der Waals surface area contributed by atoms with Gasteiger partial charge in [-0.1, -0.05) is 11.3 Å². The zero-order valence-electron chi connectivity index (χ0n) is 4.73. The van der Waals surface area contributed by atoms with E-state index >= 15 is 0 Å². The summed E-state index contributed by atoms with van der Waals surface area (Å²) in [5, 5.41) is -0.542. The minimum absolute atomic E-state index is 0.0584. The van der Waals surface area contributed by atoms with Gasteiger partial charge in [-0.3, -0.25) is 4.79 Å². The van der Waals surface area contributed by atoms with E-state index < -0.39 is 11.0 Å². The summed E-state index contributed by atoms with van der Waals surface area (Å²) < 4.78 is 13.1. The smallest absolute Gasteiger partial charge is 0.252 e. The molecule has 2 N–H and O–H groups in total. The van der Waals surface area contributed by atoms with Crippen LogP contribution in [0.5, 0.6) is 0 Å². The van der Waals surface area contributed by atoms with Crippen molar-refractivity contribution in [2.75, 3.05) is 0 Å². The lowest BCUT2D eigenvalue weighted by Gasteiger charge is -1.84. The zero-order valence-corrected chi connectivity index (χ0v) is 7.13. The molecule has 1 amide bonds. The van der Waals surface area contributed by atoms with Crippen molar-refractivity contribution in [1.29, 1.82) is 0 Å². The molecule has 0 atom stereocenters. The first-order chi connectivity index (χ1) is 4.61. The summed E-state index contributed by atoms with van der Waals surface area (Å²) in [5.41, 5.74) is 4.78. The maximum absolute atomic E-state index is 12.5. The van der Waals surface area contributed by atoms with E-state index in [2.05, 4.69) is 15.9 Å². The maximum atomic E-state index is 12.5. The Hall–Kier alpha value is -0.420. The second kappa shape index (κ2) is 2.67. The van der Waals surface area contributed by atoms with E-state index in [1.807, 2.05) is 0 Å². The molecule has 0 aliphatic rings. The van der Waals surface area contributed by atoms with Gasteiger partial charge >= 0.3 is 0 Å². The fourth-order valence-corrected chi connectivity index (χ4v) is 1.78. The minimum Gasteiger partial charge on any atom is -0.365 e. The van der Waals surface area contributed by atoms with E-state index in [0.717, 1.165) is 11.3 Å². The zero-order chi connectivity index (χ0) is 7.72. The van der Waals surface area contributed by atoms with Crippen LogP contribution in [0.2, 0.25) is 0 Å². The number of hydrogen-bond donors (Lipinski definition) is 1. The molecule has 10 heavy (non-hydrogen) atoms. The minimum atomic E-state index is -0.737. The Morgan fingerprint density at radius 1 is 1.80 bits per heavy atom. The third kappa shape index (κ3) is 1.35. The van der Waals surface area contributed by atoms with Gasteiger partial charge in [0.1, 0.15) is 0 Å². The summed E-state index contributed by atoms with van der Waals surface area (Å²) >= 11 is 3.87. The molecule has 0 saturated heterocycles. The first kappa shape index (κ1) is 7.68. The van der Waals surface area contributed by atoms with Gasteiger partial charge in [-0.25, -0.2) is 0 Å². The molecule has 0 unspecified atom stereocenters. The number of carbonyl (C=O) groups is 1. The van der Waals surface area contributed by atoms with Crippen LogP contribution in [0.4, 0.5) is 4.39 Å². The van der Waals surface area contributed by atoms with E-state index in [1.54, 1.807) is 0 Å². The Kier molecular flexibility index (Phi) is 2.05. The Morgan fingerprint density at radius 3 is 2.60 bits per heavy atom. The Bertz CT molecular complexity index is 273. The number of thiophene rings is 1. The van der Waals surface area contributed by atoms with Crippen LogP contribution in [0.25, 0.3) is 0 Å². The van der Waals surface area contributed by atoms with Gasteiger partial charge in [0.25, 0.3) is 5.91 Å². The third-order valence-corrected chi connectivity index (χ3v) is 2.35. The molecule has 0 aliphatic carbocycles. The highest BCUT2D eigenvalue weighted by Gasteiger charge is 2.11. The Balaban J connectivity index is 3.15. The molecule has 1 aromatic rings. The average molecular weight is 224 g/mol. The number of carbonyl (C=O) groups excluding carboxylic acids is 1. The highest BCUT2D eigenvalue weighted by Crippen LogP contribution is 2.24. The molecule has 0 fully saturated rings. The van der Waals surface area contributed by atoms with Gasteiger partial charge in [0.05, 0.1) is 9.35 Å². The number of halogens is 2. The van der Waals surface area contributed by atoms with Crippen LogP contribution in [-0.2, 0) is 0 Å². The molecule has 0 aliphatic heterocycles. The number of nitrogens with two attached hydrogens (primary N) is 1. The van der Waals surface area contributed by atoms with E-state index in [-0.39, 0.29) is 5.56 Å². The van der Waals surface area contributed by atoms with Crippen molar-refractivity contribution >= 4 is 33.2 Å². The number of primary amides is 1. The van der Waals surface area contributed by atoms with Crippen molar-refractivity contribution < 1.29 is 9.18 Å². The van der Waals surface area contributed by atoms with Gasteiger partial charge in [-0.05, 0) is 22.0 Å². The lowest BCUT2D eigenvalue weighted by molar-refractivity contribution is 0.0997. The van der Waals surface area contributed by atoms with Crippen molar-refractivity contribution in [2.24, 2.45) is 5.73 Å². The largest absolute Gasteiger partial charge is 0.365 e.